The average Bonchev–Trinajstić information content (AvgIpc) is 2.66. The van der Waals surface area contributed by atoms with Crippen molar-refractivity contribution in [3.63, 3.8) is 0 Å². The summed E-state index contributed by atoms with van der Waals surface area (Å²) >= 11 is 6.27. The van der Waals surface area contributed by atoms with Crippen molar-refractivity contribution in [2.45, 2.75) is 43.9 Å². The highest BCUT2D eigenvalue weighted by molar-refractivity contribution is 6.31. The highest BCUT2D eigenvalue weighted by atomic mass is 35.5. The maximum atomic E-state index is 13.5. The molecule has 1 aliphatic rings. The Kier molecular flexibility index (Phi) is 6.88. The van der Waals surface area contributed by atoms with E-state index in [0.717, 1.165) is 5.56 Å². The zero-order valence-electron chi connectivity index (χ0n) is 16.4. The van der Waals surface area contributed by atoms with Gasteiger partial charge in [-0.3, -0.25) is 4.79 Å². The van der Waals surface area contributed by atoms with Crippen LogP contribution in [0.3, 0.4) is 0 Å². The van der Waals surface area contributed by atoms with E-state index < -0.39 is 17.5 Å². The lowest BCUT2D eigenvalue weighted by molar-refractivity contribution is -0.129. The molecule has 0 unspecified atom stereocenters. The number of rotatable bonds is 6. The molecule has 0 aliphatic carbocycles. The number of carbonyl (C=O) groups excluding carboxylic acids is 1. The SMILES string of the molecule is COCCC(=O)N[C@@]1(C)C[C@@H](c2ccc(F)cc2)O[C@@H](c2ccc(F)cc2Cl)C1. The number of nitrogens with one attached hydrogen (secondary N) is 1. The fraction of sp³-hybridized carbons (Fsp3) is 0.409. The molecular formula is C22H24ClF2NO3. The van der Waals surface area contributed by atoms with Gasteiger partial charge in [0.1, 0.15) is 11.6 Å². The number of halogens is 3. The number of amides is 1. The Labute approximate surface area is 174 Å². The molecular weight excluding hydrogens is 400 g/mol. The van der Waals surface area contributed by atoms with Crippen LogP contribution < -0.4 is 5.32 Å². The summed E-state index contributed by atoms with van der Waals surface area (Å²) in [7, 11) is 1.54. The van der Waals surface area contributed by atoms with Crippen molar-refractivity contribution < 1.29 is 23.0 Å². The van der Waals surface area contributed by atoms with Crippen molar-refractivity contribution in [2.75, 3.05) is 13.7 Å². The third kappa shape index (κ3) is 5.53. The molecule has 2 aromatic rings. The number of carbonyl (C=O) groups is 1. The fourth-order valence-electron chi connectivity index (χ4n) is 3.71. The lowest BCUT2D eigenvalue weighted by atomic mass is 9.81. The molecule has 1 amide bonds. The zero-order valence-corrected chi connectivity index (χ0v) is 17.1. The van der Waals surface area contributed by atoms with Crippen LogP contribution in [0.4, 0.5) is 8.78 Å². The van der Waals surface area contributed by atoms with Crippen LogP contribution in [0.5, 0.6) is 0 Å². The van der Waals surface area contributed by atoms with Crippen molar-refractivity contribution in [1.29, 1.82) is 0 Å². The Morgan fingerprint density at radius 1 is 1.17 bits per heavy atom. The zero-order chi connectivity index (χ0) is 21.0. The summed E-state index contributed by atoms with van der Waals surface area (Å²) in [5.41, 5.74) is 0.855. The van der Waals surface area contributed by atoms with Gasteiger partial charge in [0.25, 0.3) is 0 Å². The molecule has 2 aromatic carbocycles. The normalized spacial score (nSPS) is 24.3. The van der Waals surface area contributed by atoms with Gasteiger partial charge in [-0.05, 0) is 42.3 Å². The molecule has 4 nitrogen and oxygen atoms in total. The van der Waals surface area contributed by atoms with E-state index in [1.165, 1.54) is 24.3 Å². The van der Waals surface area contributed by atoms with Crippen LogP contribution in [0.2, 0.25) is 5.02 Å². The van der Waals surface area contributed by atoms with Gasteiger partial charge < -0.3 is 14.8 Å². The molecule has 1 heterocycles. The first-order chi connectivity index (χ1) is 13.8. The summed E-state index contributed by atoms with van der Waals surface area (Å²) in [6, 6.07) is 10.3. The molecule has 1 aliphatic heterocycles. The van der Waals surface area contributed by atoms with E-state index in [4.69, 9.17) is 21.1 Å². The van der Waals surface area contributed by atoms with Crippen LogP contribution >= 0.6 is 11.6 Å². The minimum Gasteiger partial charge on any atom is -0.384 e. The molecule has 0 aromatic heterocycles. The molecule has 29 heavy (non-hydrogen) atoms. The van der Waals surface area contributed by atoms with E-state index in [2.05, 4.69) is 5.32 Å². The molecule has 0 spiro atoms. The second-order valence-electron chi connectivity index (χ2n) is 7.59. The van der Waals surface area contributed by atoms with Gasteiger partial charge in [-0.25, -0.2) is 8.78 Å². The second-order valence-corrected chi connectivity index (χ2v) is 8.00. The maximum Gasteiger partial charge on any atom is 0.222 e. The first kappa shape index (κ1) is 21.7. The van der Waals surface area contributed by atoms with Crippen LogP contribution in [0.25, 0.3) is 0 Å². The highest BCUT2D eigenvalue weighted by Crippen LogP contribution is 2.45. The van der Waals surface area contributed by atoms with E-state index in [1.54, 1.807) is 25.3 Å². The Hall–Kier alpha value is -2.02. The van der Waals surface area contributed by atoms with Gasteiger partial charge in [0.05, 0.1) is 18.8 Å². The number of hydrogen-bond acceptors (Lipinski definition) is 3. The predicted octanol–water partition coefficient (Wildman–Crippen LogP) is 5.12. The molecule has 156 valence electrons. The first-order valence-electron chi connectivity index (χ1n) is 9.45. The van der Waals surface area contributed by atoms with E-state index in [9.17, 15) is 13.6 Å². The topological polar surface area (TPSA) is 47.6 Å². The quantitative estimate of drug-likeness (QED) is 0.701. The van der Waals surface area contributed by atoms with Gasteiger partial charge in [-0.15, -0.1) is 0 Å². The summed E-state index contributed by atoms with van der Waals surface area (Å²) in [6.07, 6.45) is 0.375. The van der Waals surface area contributed by atoms with Gasteiger partial charge in [0.2, 0.25) is 5.91 Å². The van der Waals surface area contributed by atoms with Crippen LogP contribution in [0.1, 0.15) is 49.5 Å². The van der Waals surface area contributed by atoms with Crippen molar-refractivity contribution in [1.82, 2.24) is 5.32 Å². The third-order valence-electron chi connectivity index (χ3n) is 5.13. The van der Waals surface area contributed by atoms with E-state index in [0.29, 0.717) is 25.0 Å². The molecule has 1 N–H and O–H groups in total. The van der Waals surface area contributed by atoms with E-state index in [-0.39, 0.29) is 29.3 Å². The summed E-state index contributed by atoms with van der Waals surface area (Å²) in [5.74, 6) is -0.892. The van der Waals surface area contributed by atoms with Crippen LogP contribution in [0, 0.1) is 11.6 Å². The summed E-state index contributed by atoms with van der Waals surface area (Å²) in [4.78, 5) is 12.4. The van der Waals surface area contributed by atoms with Gasteiger partial charge in [0, 0.05) is 36.9 Å². The van der Waals surface area contributed by atoms with Crippen molar-refractivity contribution in [3.05, 3.63) is 70.2 Å². The van der Waals surface area contributed by atoms with Gasteiger partial charge in [0.15, 0.2) is 0 Å². The lowest BCUT2D eigenvalue weighted by Crippen LogP contribution is -2.51. The molecule has 3 atom stereocenters. The average molecular weight is 424 g/mol. The van der Waals surface area contributed by atoms with Crippen molar-refractivity contribution >= 4 is 17.5 Å². The lowest BCUT2D eigenvalue weighted by Gasteiger charge is -2.43. The van der Waals surface area contributed by atoms with Gasteiger partial charge >= 0.3 is 0 Å². The Balaban J connectivity index is 1.90. The number of ether oxygens (including phenoxy) is 2. The number of methoxy groups -OCH3 is 1. The standard InChI is InChI=1S/C22H24ClF2NO3/c1-22(26-21(27)9-10-28-2)12-19(14-3-5-15(24)6-4-14)29-20(13-22)17-8-7-16(25)11-18(17)23/h3-8,11,19-20H,9-10,12-13H2,1-2H3,(H,26,27)/t19-,20+,22-/m0/s1. The van der Waals surface area contributed by atoms with Crippen LogP contribution in [0.15, 0.2) is 42.5 Å². The fourth-order valence-corrected chi connectivity index (χ4v) is 4.00. The Bertz CT molecular complexity index is 862. The number of benzene rings is 2. The molecule has 7 heteroatoms. The summed E-state index contributed by atoms with van der Waals surface area (Å²) in [6.45, 7) is 2.27. The molecule has 0 saturated carbocycles. The largest absolute Gasteiger partial charge is 0.384 e. The van der Waals surface area contributed by atoms with Crippen molar-refractivity contribution in [3.8, 4) is 0 Å². The third-order valence-corrected chi connectivity index (χ3v) is 5.45. The van der Waals surface area contributed by atoms with Gasteiger partial charge in [-0.2, -0.15) is 0 Å². The predicted molar refractivity (Wildman–Crippen MR) is 107 cm³/mol. The molecule has 0 bridgehead atoms. The van der Waals surface area contributed by atoms with Gasteiger partial charge in [-0.1, -0.05) is 29.8 Å². The second kappa shape index (κ2) is 9.20. The smallest absolute Gasteiger partial charge is 0.222 e. The minimum atomic E-state index is -0.593. The molecule has 1 saturated heterocycles. The Morgan fingerprint density at radius 2 is 1.83 bits per heavy atom. The van der Waals surface area contributed by atoms with Crippen LogP contribution in [-0.4, -0.2) is 25.2 Å². The minimum absolute atomic E-state index is 0.127. The number of hydrogen-bond donors (Lipinski definition) is 1. The summed E-state index contributed by atoms with van der Waals surface area (Å²) < 4.78 is 38.1. The maximum absolute atomic E-state index is 13.5. The summed E-state index contributed by atoms with van der Waals surface area (Å²) in [5, 5.41) is 3.35. The highest BCUT2D eigenvalue weighted by Gasteiger charge is 2.40. The molecule has 3 rings (SSSR count). The van der Waals surface area contributed by atoms with Crippen molar-refractivity contribution in [2.24, 2.45) is 0 Å². The Morgan fingerprint density at radius 3 is 2.48 bits per heavy atom. The van der Waals surface area contributed by atoms with E-state index >= 15 is 0 Å². The monoisotopic (exact) mass is 423 g/mol. The molecule has 1 fully saturated rings. The first-order valence-corrected chi connectivity index (χ1v) is 9.83. The molecule has 0 radical (unpaired) electrons. The van der Waals surface area contributed by atoms with E-state index in [1.807, 2.05) is 6.92 Å². The van der Waals surface area contributed by atoms with Crippen LogP contribution in [-0.2, 0) is 14.3 Å².